The molecule has 0 fully saturated rings. The Morgan fingerprint density at radius 2 is 1.57 bits per heavy atom. The van der Waals surface area contributed by atoms with Gasteiger partial charge in [0.15, 0.2) is 0 Å². The third-order valence-corrected chi connectivity index (χ3v) is 6.97. The lowest BCUT2D eigenvalue weighted by atomic mass is 10.1. The number of phenols is 1. The van der Waals surface area contributed by atoms with E-state index >= 15 is 0 Å². The number of carbonyl (C=O) groups excluding carboxylic acids is 3. The van der Waals surface area contributed by atoms with Crippen LogP contribution in [0.5, 0.6) is 11.5 Å². The largest absolute Gasteiger partial charge is 0.508 e. The molecule has 0 heterocycles. The van der Waals surface area contributed by atoms with E-state index in [2.05, 4.69) is 16.0 Å². The highest BCUT2D eigenvalue weighted by atomic mass is 32.2. The molecule has 0 unspecified atom stereocenters. The summed E-state index contributed by atoms with van der Waals surface area (Å²) in [4.78, 5) is 39.3. The third kappa shape index (κ3) is 8.88. The first-order valence-corrected chi connectivity index (χ1v) is 14.0. The Hall–Kier alpha value is -5.23. The highest BCUT2D eigenvalue weighted by molar-refractivity contribution is 8.00. The molecule has 226 valence electrons. The Bertz CT molecular complexity index is 1690. The average molecular weight is 622 g/mol. The second kappa shape index (κ2) is 14.3. The zero-order chi connectivity index (χ0) is 31.7. The van der Waals surface area contributed by atoms with Crippen molar-refractivity contribution < 1.29 is 37.4 Å². The van der Waals surface area contributed by atoms with E-state index in [1.165, 1.54) is 43.5 Å². The summed E-state index contributed by atoms with van der Waals surface area (Å²) in [6.07, 6.45) is -3.12. The number of thioether (sulfide) groups is 1. The van der Waals surface area contributed by atoms with Crippen LogP contribution in [0.25, 0.3) is 6.08 Å². The molecule has 0 bridgehead atoms. The third-order valence-electron chi connectivity index (χ3n) is 5.98. The van der Waals surface area contributed by atoms with Gasteiger partial charge in [0.25, 0.3) is 11.8 Å². The number of hydrogen-bond acceptors (Lipinski definition) is 6. The molecular formula is C32H26F3N3O5S. The van der Waals surface area contributed by atoms with E-state index in [9.17, 15) is 32.7 Å². The normalized spacial score (nSPS) is 11.4. The first kappa shape index (κ1) is 31.7. The number of nitrogens with one attached hydrogen (secondary N) is 3. The van der Waals surface area contributed by atoms with Crippen molar-refractivity contribution in [2.45, 2.75) is 11.1 Å². The van der Waals surface area contributed by atoms with Gasteiger partial charge in [-0.25, -0.2) is 0 Å². The minimum Gasteiger partial charge on any atom is -0.508 e. The zero-order valence-electron chi connectivity index (χ0n) is 23.1. The van der Waals surface area contributed by atoms with E-state index < -0.39 is 29.5 Å². The molecule has 0 saturated heterocycles. The van der Waals surface area contributed by atoms with Crippen molar-refractivity contribution >= 4 is 46.9 Å². The number of rotatable bonds is 10. The van der Waals surface area contributed by atoms with Crippen molar-refractivity contribution in [2.24, 2.45) is 0 Å². The Morgan fingerprint density at radius 3 is 2.27 bits per heavy atom. The second-order valence-corrected chi connectivity index (χ2v) is 10.3. The van der Waals surface area contributed by atoms with E-state index in [0.29, 0.717) is 21.7 Å². The number of anilines is 2. The molecule has 0 atom stereocenters. The van der Waals surface area contributed by atoms with Gasteiger partial charge < -0.3 is 25.8 Å². The van der Waals surface area contributed by atoms with Gasteiger partial charge in [0.2, 0.25) is 5.91 Å². The van der Waals surface area contributed by atoms with Crippen molar-refractivity contribution in [3.8, 4) is 11.5 Å². The van der Waals surface area contributed by atoms with Crippen LogP contribution in [0, 0.1) is 0 Å². The molecule has 0 spiro atoms. The fraction of sp³-hybridized carbons (Fsp3) is 0.0938. The maximum atomic E-state index is 13.4. The van der Waals surface area contributed by atoms with E-state index in [1.807, 2.05) is 0 Å². The summed E-state index contributed by atoms with van der Waals surface area (Å²) >= 11 is 1.11. The molecule has 4 rings (SSSR count). The van der Waals surface area contributed by atoms with Gasteiger partial charge >= 0.3 is 6.18 Å². The van der Waals surface area contributed by atoms with Crippen LogP contribution < -0.4 is 20.7 Å². The molecule has 8 nitrogen and oxygen atoms in total. The number of benzene rings is 4. The van der Waals surface area contributed by atoms with Gasteiger partial charge in [0.05, 0.1) is 18.4 Å². The number of carbonyl (C=O) groups is 3. The minimum atomic E-state index is -4.53. The van der Waals surface area contributed by atoms with Gasteiger partial charge in [0, 0.05) is 33.5 Å². The summed E-state index contributed by atoms with van der Waals surface area (Å²) in [6.45, 7) is 0. The van der Waals surface area contributed by atoms with Crippen LogP contribution in [0.3, 0.4) is 0 Å². The summed E-state index contributed by atoms with van der Waals surface area (Å²) in [7, 11) is 1.40. The molecule has 4 N–H and O–H groups in total. The quantitative estimate of drug-likeness (QED) is 0.118. The molecule has 0 aliphatic carbocycles. The number of halogens is 3. The van der Waals surface area contributed by atoms with Crippen LogP contribution in [0.15, 0.2) is 108 Å². The predicted octanol–water partition coefficient (Wildman–Crippen LogP) is 6.56. The maximum Gasteiger partial charge on any atom is 0.416 e. The summed E-state index contributed by atoms with van der Waals surface area (Å²) in [6, 6.07) is 23.5. The number of ether oxygens (including phenoxy) is 1. The molecule has 0 aliphatic rings. The smallest absolute Gasteiger partial charge is 0.416 e. The average Bonchev–Trinajstić information content (AvgIpc) is 3.00. The second-order valence-electron chi connectivity index (χ2n) is 9.20. The molecule has 0 saturated carbocycles. The number of aromatic hydroxyl groups is 1. The standard InChI is InChI=1S/C32H26F3N3O5S/c1-43-28-18-25(39)14-13-21(28)15-27(38-30(41)20-7-3-2-4-8-20)31(42)37-24-11-6-12-26(17-24)44-19-29(40)36-23-10-5-9-22(16-23)32(33,34)35/h2-18,39H,19H2,1H3,(H,36,40)(H,37,42)(H,38,41)/b27-15+. The van der Waals surface area contributed by atoms with E-state index in [1.54, 1.807) is 54.6 Å². The topological polar surface area (TPSA) is 117 Å². The SMILES string of the molecule is COc1cc(O)ccc1/C=C(/NC(=O)c1ccccc1)C(=O)Nc1cccc(SCC(=O)Nc2cccc(C(F)(F)F)c2)c1. The Morgan fingerprint density at radius 1 is 0.864 bits per heavy atom. The Kier molecular flexibility index (Phi) is 10.3. The summed E-state index contributed by atoms with van der Waals surface area (Å²) in [5.74, 6) is -1.58. The number of alkyl halides is 3. The van der Waals surface area contributed by atoms with Crippen molar-refractivity contribution in [1.29, 1.82) is 0 Å². The molecule has 44 heavy (non-hydrogen) atoms. The zero-order valence-corrected chi connectivity index (χ0v) is 24.0. The van der Waals surface area contributed by atoms with Crippen LogP contribution in [0.1, 0.15) is 21.5 Å². The first-order valence-electron chi connectivity index (χ1n) is 13.0. The van der Waals surface area contributed by atoms with Gasteiger partial charge in [-0.3, -0.25) is 14.4 Å². The van der Waals surface area contributed by atoms with Crippen LogP contribution in [-0.4, -0.2) is 35.7 Å². The van der Waals surface area contributed by atoms with Crippen LogP contribution in [-0.2, 0) is 15.8 Å². The predicted molar refractivity (Wildman–Crippen MR) is 162 cm³/mol. The van der Waals surface area contributed by atoms with Gasteiger partial charge in [-0.1, -0.05) is 30.3 Å². The number of amides is 3. The lowest BCUT2D eigenvalue weighted by Crippen LogP contribution is -2.30. The maximum absolute atomic E-state index is 13.4. The van der Waals surface area contributed by atoms with Crippen molar-refractivity contribution in [2.75, 3.05) is 23.5 Å². The van der Waals surface area contributed by atoms with Crippen molar-refractivity contribution in [3.05, 3.63) is 119 Å². The van der Waals surface area contributed by atoms with Gasteiger partial charge in [0.1, 0.15) is 17.2 Å². The lowest BCUT2D eigenvalue weighted by molar-refractivity contribution is -0.137. The molecule has 3 amide bonds. The minimum absolute atomic E-state index is 0.0218. The fourth-order valence-corrected chi connectivity index (χ4v) is 4.65. The van der Waals surface area contributed by atoms with Crippen LogP contribution in [0.4, 0.5) is 24.5 Å². The van der Waals surface area contributed by atoms with Gasteiger partial charge in [-0.15, -0.1) is 11.8 Å². The van der Waals surface area contributed by atoms with E-state index in [0.717, 1.165) is 23.9 Å². The fourth-order valence-electron chi connectivity index (χ4n) is 3.90. The number of phenolic OH excluding ortho intramolecular Hbond substituents is 1. The first-order chi connectivity index (χ1) is 21.0. The molecule has 0 radical (unpaired) electrons. The number of methoxy groups -OCH3 is 1. The molecule has 4 aromatic rings. The lowest BCUT2D eigenvalue weighted by Gasteiger charge is -2.13. The van der Waals surface area contributed by atoms with Crippen molar-refractivity contribution in [1.82, 2.24) is 5.32 Å². The van der Waals surface area contributed by atoms with Gasteiger partial charge in [-0.05, 0) is 66.7 Å². The monoisotopic (exact) mass is 621 g/mol. The summed E-state index contributed by atoms with van der Waals surface area (Å²) < 4.78 is 44.2. The van der Waals surface area contributed by atoms with Crippen LogP contribution in [0.2, 0.25) is 0 Å². The highest BCUT2D eigenvalue weighted by Crippen LogP contribution is 2.31. The Labute approximate surface area is 254 Å². The summed E-state index contributed by atoms with van der Waals surface area (Å²) in [5, 5.41) is 17.6. The number of hydrogen-bond donors (Lipinski definition) is 4. The van der Waals surface area contributed by atoms with Crippen molar-refractivity contribution in [3.63, 3.8) is 0 Å². The molecule has 0 aromatic heterocycles. The molecular weight excluding hydrogens is 595 g/mol. The van der Waals surface area contributed by atoms with E-state index in [-0.39, 0.29) is 28.6 Å². The molecule has 4 aromatic carbocycles. The highest BCUT2D eigenvalue weighted by Gasteiger charge is 2.30. The molecule has 0 aliphatic heterocycles. The van der Waals surface area contributed by atoms with E-state index in [4.69, 9.17) is 4.74 Å². The summed E-state index contributed by atoms with van der Waals surface area (Å²) in [5.41, 5.74) is 0.139. The Balaban J connectivity index is 1.47. The molecule has 12 heteroatoms. The van der Waals surface area contributed by atoms with Crippen LogP contribution >= 0.6 is 11.8 Å². The van der Waals surface area contributed by atoms with Gasteiger partial charge in [-0.2, -0.15) is 13.2 Å².